The average molecular weight is 215 g/mol. The SMILES string of the molecule is CC(N)C1CCN(C)CC1.Cl.Cl. The molecule has 1 fully saturated rings. The average Bonchev–Trinajstić information content (AvgIpc) is 1.88. The van der Waals surface area contributed by atoms with E-state index in [1.54, 1.807) is 0 Å². The molecule has 0 radical (unpaired) electrons. The molecule has 0 amide bonds. The van der Waals surface area contributed by atoms with Crippen LogP contribution in [0, 0.1) is 5.92 Å². The summed E-state index contributed by atoms with van der Waals surface area (Å²) in [4.78, 5) is 2.37. The third kappa shape index (κ3) is 4.51. The van der Waals surface area contributed by atoms with Crippen LogP contribution in [0.15, 0.2) is 0 Å². The molecule has 76 valence electrons. The second-order valence-corrected chi connectivity index (χ2v) is 3.50. The van der Waals surface area contributed by atoms with Gasteiger partial charge in [0.05, 0.1) is 0 Å². The van der Waals surface area contributed by atoms with E-state index in [0.29, 0.717) is 6.04 Å². The lowest BCUT2D eigenvalue weighted by Gasteiger charge is -2.30. The molecular weight excluding hydrogens is 195 g/mol. The summed E-state index contributed by atoms with van der Waals surface area (Å²) in [6.45, 7) is 4.58. The lowest BCUT2D eigenvalue weighted by Crippen LogP contribution is -2.37. The quantitative estimate of drug-likeness (QED) is 0.718. The Balaban J connectivity index is 0. The van der Waals surface area contributed by atoms with Crippen LogP contribution in [-0.4, -0.2) is 31.1 Å². The van der Waals surface area contributed by atoms with Gasteiger partial charge in [0.15, 0.2) is 0 Å². The molecule has 1 heterocycles. The van der Waals surface area contributed by atoms with Gasteiger partial charge in [-0.05, 0) is 45.8 Å². The van der Waals surface area contributed by atoms with E-state index in [4.69, 9.17) is 5.73 Å². The summed E-state index contributed by atoms with van der Waals surface area (Å²) < 4.78 is 0. The molecule has 0 spiro atoms. The highest BCUT2D eigenvalue weighted by Gasteiger charge is 2.18. The Labute approximate surface area is 87.7 Å². The van der Waals surface area contributed by atoms with Gasteiger partial charge >= 0.3 is 0 Å². The van der Waals surface area contributed by atoms with Gasteiger partial charge in [0.2, 0.25) is 0 Å². The summed E-state index contributed by atoms with van der Waals surface area (Å²) in [5.74, 6) is 0.774. The largest absolute Gasteiger partial charge is 0.328 e. The lowest BCUT2D eigenvalue weighted by molar-refractivity contribution is 0.203. The van der Waals surface area contributed by atoms with Crippen LogP contribution in [0.5, 0.6) is 0 Å². The molecule has 1 aliphatic rings. The summed E-state index contributed by atoms with van der Waals surface area (Å²) in [6, 6.07) is 0.397. The first-order valence-corrected chi connectivity index (χ1v) is 4.14. The maximum Gasteiger partial charge on any atom is 0.00397 e. The van der Waals surface area contributed by atoms with Crippen molar-refractivity contribution in [1.29, 1.82) is 0 Å². The third-order valence-electron chi connectivity index (χ3n) is 2.51. The topological polar surface area (TPSA) is 29.3 Å². The number of nitrogens with zero attached hydrogens (tertiary/aromatic N) is 1. The molecular formula is C8H20Cl2N2. The van der Waals surface area contributed by atoms with Crippen molar-refractivity contribution in [1.82, 2.24) is 4.90 Å². The molecule has 0 bridgehead atoms. The molecule has 1 atom stereocenters. The first kappa shape index (κ1) is 15.0. The maximum atomic E-state index is 5.79. The molecule has 0 aromatic carbocycles. The van der Waals surface area contributed by atoms with Crippen LogP contribution in [0.3, 0.4) is 0 Å². The molecule has 0 aliphatic carbocycles. The Morgan fingerprint density at radius 3 is 2.00 bits per heavy atom. The molecule has 1 aliphatic heterocycles. The molecule has 0 aromatic rings. The van der Waals surface area contributed by atoms with Gasteiger partial charge in [-0.25, -0.2) is 0 Å². The Morgan fingerprint density at radius 1 is 1.25 bits per heavy atom. The fourth-order valence-corrected chi connectivity index (χ4v) is 1.55. The van der Waals surface area contributed by atoms with Crippen molar-refractivity contribution < 1.29 is 0 Å². The number of hydrogen-bond donors (Lipinski definition) is 1. The van der Waals surface area contributed by atoms with Gasteiger partial charge < -0.3 is 10.6 Å². The van der Waals surface area contributed by atoms with Crippen molar-refractivity contribution in [2.45, 2.75) is 25.8 Å². The summed E-state index contributed by atoms with van der Waals surface area (Å²) in [6.07, 6.45) is 2.57. The van der Waals surface area contributed by atoms with Gasteiger partial charge in [-0.15, -0.1) is 24.8 Å². The van der Waals surface area contributed by atoms with Crippen molar-refractivity contribution in [3.8, 4) is 0 Å². The van der Waals surface area contributed by atoms with Crippen LogP contribution < -0.4 is 5.73 Å². The van der Waals surface area contributed by atoms with Crippen LogP contribution >= 0.6 is 24.8 Å². The van der Waals surface area contributed by atoms with Gasteiger partial charge in [-0.3, -0.25) is 0 Å². The Kier molecular flexibility index (Phi) is 8.69. The van der Waals surface area contributed by atoms with E-state index in [2.05, 4.69) is 18.9 Å². The van der Waals surface area contributed by atoms with Crippen LogP contribution in [0.2, 0.25) is 0 Å². The minimum Gasteiger partial charge on any atom is -0.328 e. The number of halogens is 2. The molecule has 4 heteroatoms. The zero-order valence-corrected chi connectivity index (χ0v) is 9.46. The number of hydrogen-bond acceptors (Lipinski definition) is 2. The highest BCUT2D eigenvalue weighted by atomic mass is 35.5. The molecule has 1 unspecified atom stereocenters. The Morgan fingerprint density at radius 2 is 1.67 bits per heavy atom. The standard InChI is InChI=1S/C8H18N2.2ClH/c1-7(9)8-3-5-10(2)6-4-8;;/h7-8H,3-6,9H2,1-2H3;2*1H. The number of nitrogens with two attached hydrogens (primary N) is 1. The number of piperidine rings is 1. The monoisotopic (exact) mass is 214 g/mol. The van der Waals surface area contributed by atoms with Crippen LogP contribution in [0.1, 0.15) is 19.8 Å². The fraction of sp³-hybridized carbons (Fsp3) is 1.00. The second-order valence-electron chi connectivity index (χ2n) is 3.50. The first-order valence-electron chi connectivity index (χ1n) is 4.14. The number of likely N-dealkylation sites (tertiary alicyclic amines) is 1. The molecule has 2 nitrogen and oxygen atoms in total. The van der Waals surface area contributed by atoms with Crippen LogP contribution in [0.4, 0.5) is 0 Å². The summed E-state index contributed by atoms with van der Waals surface area (Å²) in [5.41, 5.74) is 5.79. The smallest absolute Gasteiger partial charge is 0.00397 e. The van der Waals surface area contributed by atoms with E-state index in [1.807, 2.05) is 0 Å². The maximum absolute atomic E-state index is 5.79. The molecule has 12 heavy (non-hydrogen) atoms. The van der Waals surface area contributed by atoms with E-state index < -0.39 is 0 Å². The van der Waals surface area contributed by atoms with E-state index in [1.165, 1.54) is 25.9 Å². The van der Waals surface area contributed by atoms with Crippen LogP contribution in [0.25, 0.3) is 0 Å². The predicted molar refractivity (Wildman–Crippen MR) is 58.4 cm³/mol. The highest BCUT2D eigenvalue weighted by molar-refractivity contribution is 5.85. The van der Waals surface area contributed by atoms with Crippen LogP contribution in [-0.2, 0) is 0 Å². The third-order valence-corrected chi connectivity index (χ3v) is 2.51. The minimum absolute atomic E-state index is 0. The lowest BCUT2D eigenvalue weighted by atomic mass is 9.91. The zero-order valence-electron chi connectivity index (χ0n) is 7.82. The van der Waals surface area contributed by atoms with Gasteiger partial charge in [0.25, 0.3) is 0 Å². The minimum atomic E-state index is 0. The summed E-state index contributed by atoms with van der Waals surface area (Å²) >= 11 is 0. The molecule has 0 saturated carbocycles. The van der Waals surface area contributed by atoms with Crippen molar-refractivity contribution in [3.63, 3.8) is 0 Å². The van der Waals surface area contributed by atoms with Gasteiger partial charge in [-0.1, -0.05) is 0 Å². The zero-order chi connectivity index (χ0) is 7.56. The van der Waals surface area contributed by atoms with Crippen molar-refractivity contribution in [2.24, 2.45) is 11.7 Å². The van der Waals surface area contributed by atoms with Crippen molar-refractivity contribution >= 4 is 24.8 Å². The summed E-state index contributed by atoms with van der Waals surface area (Å²) in [7, 11) is 2.18. The van der Waals surface area contributed by atoms with E-state index in [-0.39, 0.29) is 24.8 Å². The molecule has 2 N–H and O–H groups in total. The van der Waals surface area contributed by atoms with Gasteiger partial charge in [0, 0.05) is 6.04 Å². The first-order chi connectivity index (χ1) is 4.70. The Bertz CT molecular complexity index is 101. The van der Waals surface area contributed by atoms with E-state index in [0.717, 1.165) is 5.92 Å². The molecule has 0 aromatic heterocycles. The Hall–Kier alpha value is 0.500. The number of rotatable bonds is 1. The summed E-state index contributed by atoms with van der Waals surface area (Å²) in [5, 5.41) is 0. The molecule has 1 saturated heterocycles. The normalized spacial score (nSPS) is 22.2. The highest BCUT2D eigenvalue weighted by Crippen LogP contribution is 2.17. The van der Waals surface area contributed by atoms with E-state index >= 15 is 0 Å². The second kappa shape index (κ2) is 6.96. The fourth-order valence-electron chi connectivity index (χ4n) is 1.55. The molecule has 1 rings (SSSR count). The van der Waals surface area contributed by atoms with Gasteiger partial charge in [-0.2, -0.15) is 0 Å². The van der Waals surface area contributed by atoms with Crippen molar-refractivity contribution in [2.75, 3.05) is 20.1 Å². The van der Waals surface area contributed by atoms with Crippen molar-refractivity contribution in [3.05, 3.63) is 0 Å². The predicted octanol–water partition coefficient (Wildman–Crippen LogP) is 1.52. The van der Waals surface area contributed by atoms with Gasteiger partial charge in [0.1, 0.15) is 0 Å². The van der Waals surface area contributed by atoms with E-state index in [9.17, 15) is 0 Å².